The van der Waals surface area contributed by atoms with Crippen LogP contribution in [0.1, 0.15) is 22.3 Å². The molecule has 0 bridgehead atoms. The van der Waals surface area contributed by atoms with Gasteiger partial charge in [-0.1, -0.05) is 6.07 Å². The summed E-state index contributed by atoms with van der Waals surface area (Å²) in [5, 5.41) is 17.8. The predicted octanol–water partition coefficient (Wildman–Crippen LogP) is 2.07. The summed E-state index contributed by atoms with van der Waals surface area (Å²) in [7, 11) is 0. The van der Waals surface area contributed by atoms with Crippen molar-refractivity contribution < 1.29 is 14.7 Å². The number of hydrogen-bond acceptors (Lipinski definition) is 4. The minimum atomic E-state index is -1.000. The number of anilines is 1. The van der Waals surface area contributed by atoms with Gasteiger partial charge in [0.15, 0.2) is 0 Å². The number of carbonyl (C=O) groups is 2. The standard InChI is InChI=1S/C16H13N3O3/c17-10-12-3-1-5-14(9-12)19(8-6-15(20)21)16(22)13-4-2-7-18-11-13/h1-5,7,9,11H,6,8H2,(H,20,21). The molecule has 2 rings (SSSR count). The van der Waals surface area contributed by atoms with Gasteiger partial charge in [-0.05, 0) is 30.3 Å². The smallest absolute Gasteiger partial charge is 0.305 e. The largest absolute Gasteiger partial charge is 0.481 e. The number of hydrogen-bond donors (Lipinski definition) is 1. The van der Waals surface area contributed by atoms with Crippen LogP contribution >= 0.6 is 0 Å². The molecule has 0 saturated carbocycles. The van der Waals surface area contributed by atoms with Gasteiger partial charge in [-0.25, -0.2) is 0 Å². The summed E-state index contributed by atoms with van der Waals surface area (Å²) in [6.45, 7) is 0.0118. The lowest BCUT2D eigenvalue weighted by molar-refractivity contribution is -0.136. The molecule has 0 unspecified atom stereocenters. The maximum absolute atomic E-state index is 12.6. The molecule has 1 N–H and O–H groups in total. The zero-order valence-electron chi connectivity index (χ0n) is 11.6. The average molecular weight is 295 g/mol. The maximum atomic E-state index is 12.6. The third kappa shape index (κ3) is 3.67. The molecule has 0 aliphatic heterocycles. The fourth-order valence-corrected chi connectivity index (χ4v) is 1.94. The molecule has 1 aromatic carbocycles. The highest BCUT2D eigenvalue weighted by molar-refractivity contribution is 6.06. The molecule has 1 aromatic heterocycles. The summed E-state index contributed by atoms with van der Waals surface area (Å²) >= 11 is 0. The van der Waals surface area contributed by atoms with Crippen LogP contribution in [0.3, 0.4) is 0 Å². The van der Waals surface area contributed by atoms with E-state index >= 15 is 0 Å². The number of aromatic nitrogens is 1. The number of nitriles is 1. The molecule has 2 aromatic rings. The van der Waals surface area contributed by atoms with Gasteiger partial charge < -0.3 is 10.0 Å². The fourth-order valence-electron chi connectivity index (χ4n) is 1.94. The highest BCUT2D eigenvalue weighted by Gasteiger charge is 2.19. The van der Waals surface area contributed by atoms with Gasteiger partial charge in [0, 0.05) is 24.6 Å². The van der Waals surface area contributed by atoms with E-state index in [9.17, 15) is 9.59 Å². The van der Waals surface area contributed by atoms with E-state index in [0.717, 1.165) is 0 Å². The topological polar surface area (TPSA) is 94.3 Å². The first-order valence-electron chi connectivity index (χ1n) is 6.55. The van der Waals surface area contributed by atoms with Crippen LogP contribution in [0.25, 0.3) is 0 Å². The third-order valence-corrected chi connectivity index (χ3v) is 2.99. The van der Waals surface area contributed by atoms with Gasteiger partial charge in [0.2, 0.25) is 0 Å². The van der Waals surface area contributed by atoms with Crippen LogP contribution < -0.4 is 4.90 Å². The Morgan fingerprint density at radius 3 is 2.73 bits per heavy atom. The number of amides is 1. The van der Waals surface area contributed by atoms with Gasteiger partial charge in [-0.15, -0.1) is 0 Å². The lowest BCUT2D eigenvalue weighted by atomic mass is 10.1. The molecular formula is C16H13N3O3. The molecule has 6 heteroatoms. The Labute approximate surface area is 127 Å². The Kier molecular flexibility index (Phi) is 4.83. The normalized spacial score (nSPS) is 9.77. The number of nitrogens with zero attached hydrogens (tertiary/aromatic N) is 3. The minimum Gasteiger partial charge on any atom is -0.481 e. The molecule has 0 atom stereocenters. The minimum absolute atomic E-state index is 0.0118. The first-order valence-corrected chi connectivity index (χ1v) is 6.55. The summed E-state index contributed by atoms with van der Waals surface area (Å²) in [5.74, 6) is -1.36. The van der Waals surface area contributed by atoms with Gasteiger partial charge in [0.25, 0.3) is 5.91 Å². The van der Waals surface area contributed by atoms with Crippen LogP contribution in [0.5, 0.6) is 0 Å². The van der Waals surface area contributed by atoms with Crippen molar-refractivity contribution >= 4 is 17.6 Å². The predicted molar refractivity (Wildman–Crippen MR) is 79.3 cm³/mol. The van der Waals surface area contributed by atoms with Gasteiger partial charge in [-0.2, -0.15) is 5.26 Å². The molecule has 22 heavy (non-hydrogen) atoms. The number of carboxylic acids is 1. The molecule has 110 valence electrons. The second-order valence-corrected chi connectivity index (χ2v) is 4.50. The quantitative estimate of drug-likeness (QED) is 0.911. The first kappa shape index (κ1) is 15.2. The zero-order valence-corrected chi connectivity index (χ0v) is 11.6. The summed E-state index contributed by atoms with van der Waals surface area (Å²) in [6.07, 6.45) is 2.78. The zero-order chi connectivity index (χ0) is 15.9. The maximum Gasteiger partial charge on any atom is 0.305 e. The molecule has 1 amide bonds. The van der Waals surface area contributed by atoms with Crippen LogP contribution in [-0.4, -0.2) is 28.5 Å². The lowest BCUT2D eigenvalue weighted by Crippen LogP contribution is -2.33. The third-order valence-electron chi connectivity index (χ3n) is 2.99. The summed E-state index contributed by atoms with van der Waals surface area (Å²) in [5.41, 5.74) is 1.24. The monoisotopic (exact) mass is 295 g/mol. The Bertz CT molecular complexity index is 723. The van der Waals surface area contributed by atoms with E-state index in [1.165, 1.54) is 11.1 Å². The first-order chi connectivity index (χ1) is 10.6. The molecule has 0 spiro atoms. The molecule has 1 heterocycles. The second kappa shape index (κ2) is 6.99. The Morgan fingerprint density at radius 2 is 2.09 bits per heavy atom. The van der Waals surface area contributed by atoms with Crippen LogP contribution in [0.4, 0.5) is 5.69 Å². The molecule has 0 saturated heterocycles. The number of carboxylic acid groups (broad SMARTS) is 1. The number of aliphatic carboxylic acids is 1. The van der Waals surface area contributed by atoms with Crippen molar-refractivity contribution in [2.75, 3.05) is 11.4 Å². The van der Waals surface area contributed by atoms with E-state index < -0.39 is 5.97 Å². The van der Waals surface area contributed by atoms with Gasteiger partial charge in [0.1, 0.15) is 0 Å². The summed E-state index contributed by atoms with van der Waals surface area (Å²) in [6, 6.07) is 11.7. The summed E-state index contributed by atoms with van der Waals surface area (Å²) in [4.78, 5) is 28.6. The van der Waals surface area contributed by atoms with E-state index in [1.54, 1.807) is 42.6 Å². The number of benzene rings is 1. The van der Waals surface area contributed by atoms with E-state index in [0.29, 0.717) is 16.8 Å². The Balaban J connectivity index is 2.35. The van der Waals surface area contributed by atoms with Crippen molar-refractivity contribution in [3.05, 3.63) is 59.9 Å². The van der Waals surface area contributed by atoms with Gasteiger partial charge >= 0.3 is 5.97 Å². The highest BCUT2D eigenvalue weighted by Crippen LogP contribution is 2.19. The fraction of sp³-hybridized carbons (Fsp3) is 0.125. The van der Waals surface area contributed by atoms with Gasteiger partial charge in [0.05, 0.1) is 23.6 Å². The molecule has 0 radical (unpaired) electrons. The molecule has 0 aliphatic rings. The molecule has 0 fully saturated rings. The van der Waals surface area contributed by atoms with Crippen LogP contribution in [-0.2, 0) is 4.79 Å². The van der Waals surface area contributed by atoms with E-state index in [4.69, 9.17) is 10.4 Å². The van der Waals surface area contributed by atoms with Crippen LogP contribution in [0.2, 0.25) is 0 Å². The van der Waals surface area contributed by atoms with Crippen LogP contribution in [0, 0.1) is 11.3 Å². The average Bonchev–Trinajstić information content (AvgIpc) is 2.55. The van der Waals surface area contributed by atoms with E-state index in [-0.39, 0.29) is 18.9 Å². The van der Waals surface area contributed by atoms with Crippen LogP contribution in [0.15, 0.2) is 48.8 Å². The van der Waals surface area contributed by atoms with Gasteiger partial charge in [-0.3, -0.25) is 14.6 Å². The Hall–Kier alpha value is -3.20. The van der Waals surface area contributed by atoms with Crippen molar-refractivity contribution in [1.29, 1.82) is 5.26 Å². The highest BCUT2D eigenvalue weighted by atomic mass is 16.4. The van der Waals surface area contributed by atoms with Crippen molar-refractivity contribution in [3.63, 3.8) is 0 Å². The lowest BCUT2D eigenvalue weighted by Gasteiger charge is -2.22. The number of carbonyl (C=O) groups excluding carboxylic acids is 1. The number of rotatable bonds is 5. The summed E-state index contributed by atoms with van der Waals surface area (Å²) < 4.78 is 0. The van der Waals surface area contributed by atoms with Crippen molar-refractivity contribution in [1.82, 2.24) is 4.98 Å². The second-order valence-electron chi connectivity index (χ2n) is 4.50. The Morgan fingerprint density at radius 1 is 1.27 bits per heavy atom. The van der Waals surface area contributed by atoms with Crippen molar-refractivity contribution in [3.8, 4) is 6.07 Å². The van der Waals surface area contributed by atoms with Crippen molar-refractivity contribution in [2.24, 2.45) is 0 Å². The SMILES string of the molecule is N#Cc1cccc(N(CCC(=O)O)C(=O)c2cccnc2)c1. The molecular weight excluding hydrogens is 282 g/mol. The van der Waals surface area contributed by atoms with E-state index in [2.05, 4.69) is 4.98 Å². The number of pyridine rings is 1. The van der Waals surface area contributed by atoms with E-state index in [1.807, 2.05) is 6.07 Å². The van der Waals surface area contributed by atoms with Crippen molar-refractivity contribution in [2.45, 2.75) is 6.42 Å². The molecule has 6 nitrogen and oxygen atoms in total. The molecule has 0 aliphatic carbocycles.